The van der Waals surface area contributed by atoms with Crippen molar-refractivity contribution in [2.24, 2.45) is 5.73 Å². The van der Waals surface area contributed by atoms with E-state index in [4.69, 9.17) is 10.2 Å². The first-order valence-corrected chi connectivity index (χ1v) is 6.82. The Labute approximate surface area is 111 Å². The van der Waals surface area contributed by atoms with Gasteiger partial charge in [0.2, 0.25) is 11.8 Å². The zero-order valence-corrected chi connectivity index (χ0v) is 10.8. The number of rotatable bonds is 4. The molecule has 2 aliphatic rings. The number of anilines is 1. The molecule has 7 heteroatoms. The van der Waals surface area contributed by atoms with Gasteiger partial charge in [-0.15, -0.1) is 5.10 Å². The van der Waals surface area contributed by atoms with E-state index in [9.17, 15) is 4.79 Å². The molecule has 2 fully saturated rings. The van der Waals surface area contributed by atoms with Crippen LogP contribution in [0.15, 0.2) is 4.42 Å². The molecule has 1 aliphatic carbocycles. The second-order valence-corrected chi connectivity index (χ2v) is 5.38. The van der Waals surface area contributed by atoms with Crippen molar-refractivity contribution in [3.63, 3.8) is 0 Å². The van der Waals surface area contributed by atoms with Crippen molar-refractivity contribution in [2.45, 2.75) is 37.6 Å². The molecule has 0 radical (unpaired) electrons. The predicted octanol–water partition coefficient (Wildman–Crippen LogP) is 0.309. The molecule has 0 bridgehead atoms. The van der Waals surface area contributed by atoms with Crippen molar-refractivity contribution in [3.05, 3.63) is 5.89 Å². The quantitative estimate of drug-likeness (QED) is 0.813. The van der Waals surface area contributed by atoms with Gasteiger partial charge in [-0.3, -0.25) is 15.0 Å². The summed E-state index contributed by atoms with van der Waals surface area (Å²) in [6.45, 7) is 2.09. The van der Waals surface area contributed by atoms with E-state index in [0.29, 0.717) is 18.4 Å². The van der Waals surface area contributed by atoms with Gasteiger partial charge < -0.3 is 10.2 Å². The monoisotopic (exact) mass is 265 g/mol. The number of hydrogen-bond donors (Lipinski definition) is 2. The zero-order valence-electron chi connectivity index (χ0n) is 10.8. The molecule has 1 aliphatic heterocycles. The summed E-state index contributed by atoms with van der Waals surface area (Å²) in [6.07, 6.45) is 4.09. The molecule has 1 amide bonds. The summed E-state index contributed by atoms with van der Waals surface area (Å²) in [4.78, 5) is 13.9. The van der Waals surface area contributed by atoms with Crippen molar-refractivity contribution in [1.29, 1.82) is 0 Å². The van der Waals surface area contributed by atoms with Crippen LogP contribution in [0.3, 0.4) is 0 Å². The Bertz CT molecular complexity index is 449. The van der Waals surface area contributed by atoms with Crippen LogP contribution >= 0.6 is 0 Å². The van der Waals surface area contributed by atoms with Crippen molar-refractivity contribution in [2.75, 3.05) is 25.0 Å². The fourth-order valence-corrected chi connectivity index (χ4v) is 2.25. The molecule has 1 aromatic heterocycles. The third kappa shape index (κ3) is 3.30. The minimum Gasteiger partial charge on any atom is -0.408 e. The van der Waals surface area contributed by atoms with Crippen LogP contribution in [0.4, 0.5) is 6.01 Å². The second-order valence-electron chi connectivity index (χ2n) is 5.38. The lowest BCUT2D eigenvalue weighted by molar-refractivity contribution is -0.117. The second kappa shape index (κ2) is 5.26. The molecule has 7 nitrogen and oxygen atoms in total. The van der Waals surface area contributed by atoms with E-state index in [1.54, 1.807) is 0 Å². The summed E-state index contributed by atoms with van der Waals surface area (Å²) >= 11 is 0. The number of hydrogen-bond acceptors (Lipinski definition) is 6. The van der Waals surface area contributed by atoms with Crippen LogP contribution in [-0.2, 0) is 4.79 Å². The number of likely N-dealkylation sites (tertiary alicyclic amines) is 1. The molecule has 2 heterocycles. The van der Waals surface area contributed by atoms with E-state index < -0.39 is 0 Å². The smallest absolute Gasteiger partial charge is 0.322 e. The average molecular weight is 265 g/mol. The number of carbonyl (C=O) groups excluding carboxylic acids is 1. The first kappa shape index (κ1) is 12.6. The molecule has 104 valence electrons. The van der Waals surface area contributed by atoms with Crippen LogP contribution in [0.25, 0.3) is 0 Å². The van der Waals surface area contributed by atoms with E-state index >= 15 is 0 Å². The highest BCUT2D eigenvalue weighted by molar-refractivity contribution is 5.90. The van der Waals surface area contributed by atoms with Gasteiger partial charge in [-0.05, 0) is 25.7 Å². The van der Waals surface area contributed by atoms with Gasteiger partial charge in [-0.1, -0.05) is 5.10 Å². The number of nitrogens with one attached hydrogen (secondary N) is 1. The first-order valence-electron chi connectivity index (χ1n) is 6.82. The van der Waals surface area contributed by atoms with E-state index in [-0.39, 0.29) is 18.0 Å². The third-order valence-corrected chi connectivity index (χ3v) is 3.61. The highest BCUT2D eigenvalue weighted by atomic mass is 16.4. The van der Waals surface area contributed by atoms with Crippen LogP contribution in [0.2, 0.25) is 0 Å². The molecular weight excluding hydrogens is 246 g/mol. The molecule has 1 saturated carbocycles. The molecule has 0 spiro atoms. The Hall–Kier alpha value is -1.47. The van der Waals surface area contributed by atoms with Gasteiger partial charge in [-0.25, -0.2) is 0 Å². The van der Waals surface area contributed by atoms with Crippen LogP contribution in [0.5, 0.6) is 0 Å². The lowest BCUT2D eigenvalue weighted by Crippen LogP contribution is -2.43. The van der Waals surface area contributed by atoms with Crippen LogP contribution in [0.1, 0.15) is 37.5 Å². The minimum atomic E-state index is -0.110. The number of aromatic nitrogens is 2. The summed E-state index contributed by atoms with van der Waals surface area (Å²) in [6, 6.07) is 0.483. The van der Waals surface area contributed by atoms with Crippen molar-refractivity contribution >= 4 is 11.9 Å². The molecule has 3 rings (SSSR count). The Balaban J connectivity index is 1.47. The maximum absolute atomic E-state index is 11.8. The van der Waals surface area contributed by atoms with Gasteiger partial charge >= 0.3 is 6.01 Å². The van der Waals surface area contributed by atoms with Crippen LogP contribution < -0.4 is 11.1 Å². The van der Waals surface area contributed by atoms with E-state index in [1.807, 2.05) is 0 Å². The van der Waals surface area contributed by atoms with Gasteiger partial charge in [-0.2, -0.15) is 0 Å². The minimum absolute atomic E-state index is 0.110. The largest absolute Gasteiger partial charge is 0.408 e. The zero-order chi connectivity index (χ0) is 13.2. The molecule has 0 unspecified atom stereocenters. The fraction of sp³-hybridized carbons (Fsp3) is 0.750. The average Bonchev–Trinajstić information content (AvgIpc) is 3.14. The maximum Gasteiger partial charge on any atom is 0.322 e. The lowest BCUT2D eigenvalue weighted by atomic mass is 10.1. The highest BCUT2D eigenvalue weighted by Gasteiger charge is 2.29. The summed E-state index contributed by atoms with van der Waals surface area (Å²) < 4.78 is 5.39. The highest BCUT2D eigenvalue weighted by Crippen LogP contribution is 2.39. The number of nitrogens with two attached hydrogens (primary N) is 1. The van der Waals surface area contributed by atoms with Crippen LogP contribution in [0, 0.1) is 0 Å². The summed E-state index contributed by atoms with van der Waals surface area (Å²) in [5.74, 6) is 0.933. The van der Waals surface area contributed by atoms with Crippen molar-refractivity contribution in [1.82, 2.24) is 15.1 Å². The number of piperidine rings is 1. The molecular formula is C12H19N5O2. The SMILES string of the molecule is NC1CCN(CC(=O)Nc2nnc(C3CC3)o2)CC1. The lowest BCUT2D eigenvalue weighted by Gasteiger charge is -2.29. The van der Waals surface area contributed by atoms with Crippen molar-refractivity contribution < 1.29 is 9.21 Å². The third-order valence-electron chi connectivity index (χ3n) is 3.61. The molecule has 3 N–H and O–H groups in total. The standard InChI is InChI=1S/C12H19N5O2/c13-9-3-5-17(6-4-9)7-10(18)14-12-16-15-11(19-12)8-1-2-8/h8-9H,1-7,13H2,(H,14,16,18). The van der Waals surface area contributed by atoms with Gasteiger partial charge in [0.1, 0.15) is 0 Å². The number of nitrogens with zero attached hydrogens (tertiary/aromatic N) is 3. The topological polar surface area (TPSA) is 97.3 Å². The summed E-state index contributed by atoms with van der Waals surface area (Å²) in [5, 5.41) is 10.4. The van der Waals surface area contributed by atoms with E-state index in [0.717, 1.165) is 38.8 Å². The van der Waals surface area contributed by atoms with E-state index in [2.05, 4.69) is 20.4 Å². The molecule has 0 aromatic carbocycles. The van der Waals surface area contributed by atoms with Crippen LogP contribution in [-0.4, -0.2) is 46.7 Å². The summed E-state index contributed by atoms with van der Waals surface area (Å²) in [7, 11) is 0. The Kier molecular flexibility index (Phi) is 3.48. The number of amides is 1. The van der Waals surface area contributed by atoms with Gasteiger partial charge in [0.05, 0.1) is 6.54 Å². The Morgan fingerprint density at radius 1 is 1.32 bits per heavy atom. The first-order chi connectivity index (χ1) is 9.20. The fourth-order valence-electron chi connectivity index (χ4n) is 2.25. The normalized spacial score (nSPS) is 21.5. The molecule has 19 heavy (non-hydrogen) atoms. The van der Waals surface area contributed by atoms with Gasteiger partial charge in [0.15, 0.2) is 0 Å². The Morgan fingerprint density at radius 3 is 2.74 bits per heavy atom. The van der Waals surface area contributed by atoms with Gasteiger partial charge in [0.25, 0.3) is 0 Å². The molecule has 1 saturated heterocycles. The Morgan fingerprint density at radius 2 is 2.05 bits per heavy atom. The van der Waals surface area contributed by atoms with Gasteiger partial charge in [0, 0.05) is 25.0 Å². The van der Waals surface area contributed by atoms with E-state index in [1.165, 1.54) is 0 Å². The predicted molar refractivity (Wildman–Crippen MR) is 68.6 cm³/mol. The molecule has 1 aromatic rings. The number of carbonyl (C=O) groups is 1. The maximum atomic E-state index is 11.8. The summed E-state index contributed by atoms with van der Waals surface area (Å²) in [5.41, 5.74) is 5.83. The van der Waals surface area contributed by atoms with Crippen molar-refractivity contribution in [3.8, 4) is 0 Å². The molecule has 0 atom stereocenters.